The molecule has 0 radical (unpaired) electrons. The number of piperazine rings is 1. The summed E-state index contributed by atoms with van der Waals surface area (Å²) in [5.41, 5.74) is 2.29. The normalized spacial score (nSPS) is 14.4. The van der Waals surface area contributed by atoms with Crippen LogP contribution in [0.3, 0.4) is 0 Å². The van der Waals surface area contributed by atoms with Crippen LogP contribution in [-0.2, 0) is 15.7 Å². The lowest BCUT2D eigenvalue weighted by Gasteiger charge is -2.35. The van der Waals surface area contributed by atoms with Crippen molar-refractivity contribution in [2.45, 2.75) is 32.8 Å². The van der Waals surface area contributed by atoms with Gasteiger partial charge in [0.2, 0.25) is 0 Å². The highest BCUT2D eigenvalue weighted by Gasteiger charge is 2.24. The number of carbonyl (C=O) groups is 1. The van der Waals surface area contributed by atoms with Crippen LogP contribution in [0.4, 0.5) is 27.7 Å². The van der Waals surface area contributed by atoms with Gasteiger partial charge in [0.1, 0.15) is 29.3 Å². The highest BCUT2D eigenvalue weighted by molar-refractivity contribution is 7.70. The van der Waals surface area contributed by atoms with Gasteiger partial charge >= 0.3 is 6.09 Å². The standard InChI is InChI=1S/C30H40ClN6O4P/c1-30(2,3)41-29(38)34-23-16-20(25(40-5)18-24(23)37-14-12-36(4)13-15-37)17-27-32-19-21(31)28(35-27)33-22-10-8-9-11-26(22)42(6,7)39/h8-11,16,18-19H,12-15,17H2,1-7H3,(H,34,38)(H,32,33,35). The van der Waals surface area contributed by atoms with Crippen molar-refractivity contribution in [1.82, 2.24) is 14.9 Å². The van der Waals surface area contributed by atoms with Gasteiger partial charge in [0.05, 0.1) is 30.4 Å². The van der Waals surface area contributed by atoms with E-state index in [9.17, 15) is 9.36 Å². The molecule has 1 amide bonds. The van der Waals surface area contributed by atoms with Crippen LogP contribution in [0.25, 0.3) is 0 Å². The molecule has 2 aromatic carbocycles. The molecule has 10 nitrogen and oxygen atoms in total. The van der Waals surface area contributed by atoms with E-state index in [2.05, 4.69) is 32.5 Å². The number of halogens is 1. The van der Waals surface area contributed by atoms with E-state index >= 15 is 0 Å². The predicted molar refractivity (Wildman–Crippen MR) is 171 cm³/mol. The molecule has 2 heterocycles. The molecule has 0 aliphatic carbocycles. The first-order valence-corrected chi connectivity index (χ1v) is 16.8. The molecule has 1 aliphatic rings. The van der Waals surface area contributed by atoms with Crippen molar-refractivity contribution >= 4 is 53.0 Å². The SMILES string of the molecule is COc1cc(N2CCN(C)CC2)c(NC(=O)OC(C)(C)C)cc1Cc1ncc(Cl)c(Nc2ccccc2P(C)(C)=O)n1. The topological polar surface area (TPSA) is 109 Å². The molecule has 12 heteroatoms. The number of hydrogen-bond acceptors (Lipinski definition) is 9. The smallest absolute Gasteiger partial charge is 0.412 e. The zero-order valence-corrected chi connectivity index (χ0v) is 27.0. The van der Waals surface area contributed by atoms with Gasteiger partial charge in [-0.2, -0.15) is 0 Å². The second-order valence-electron chi connectivity index (χ2n) is 11.8. The quantitative estimate of drug-likeness (QED) is 0.303. The van der Waals surface area contributed by atoms with Crippen molar-refractivity contribution in [1.29, 1.82) is 0 Å². The number of hydrogen-bond donors (Lipinski definition) is 2. The minimum absolute atomic E-state index is 0.308. The molecule has 226 valence electrons. The maximum Gasteiger partial charge on any atom is 0.412 e. The zero-order chi connectivity index (χ0) is 30.7. The minimum atomic E-state index is -2.55. The Labute approximate surface area is 253 Å². The summed E-state index contributed by atoms with van der Waals surface area (Å²) >= 11 is 6.47. The van der Waals surface area contributed by atoms with E-state index in [1.165, 1.54) is 6.20 Å². The van der Waals surface area contributed by atoms with Crippen LogP contribution < -0.4 is 25.6 Å². The van der Waals surface area contributed by atoms with Crippen molar-refractivity contribution in [3.05, 3.63) is 59.0 Å². The Morgan fingerprint density at radius 1 is 1.10 bits per heavy atom. The molecule has 1 fully saturated rings. The van der Waals surface area contributed by atoms with Crippen molar-refractivity contribution in [2.75, 3.05) is 69.2 Å². The Kier molecular flexibility index (Phi) is 9.70. The van der Waals surface area contributed by atoms with E-state index in [4.69, 9.17) is 26.1 Å². The number of ether oxygens (including phenoxy) is 2. The van der Waals surface area contributed by atoms with Crippen molar-refractivity contribution in [3.63, 3.8) is 0 Å². The molecule has 4 rings (SSSR count). The van der Waals surface area contributed by atoms with Crippen molar-refractivity contribution in [2.24, 2.45) is 0 Å². The average molecular weight is 615 g/mol. The zero-order valence-electron chi connectivity index (χ0n) is 25.3. The molecule has 3 aromatic rings. The Morgan fingerprint density at radius 3 is 2.43 bits per heavy atom. The summed E-state index contributed by atoms with van der Waals surface area (Å²) in [7, 11) is 1.16. The van der Waals surface area contributed by atoms with Gasteiger partial charge in [-0.3, -0.25) is 5.32 Å². The molecule has 1 saturated heterocycles. The average Bonchev–Trinajstić information content (AvgIpc) is 2.90. The second kappa shape index (κ2) is 12.9. The fraction of sp³-hybridized carbons (Fsp3) is 0.433. The third-order valence-corrected chi connectivity index (χ3v) is 8.59. The number of para-hydroxylation sites is 1. The first-order chi connectivity index (χ1) is 19.7. The molecule has 0 spiro atoms. The lowest BCUT2D eigenvalue weighted by Crippen LogP contribution is -2.44. The first kappa shape index (κ1) is 31.6. The van der Waals surface area contributed by atoms with Crippen LogP contribution in [-0.4, -0.2) is 80.2 Å². The number of anilines is 4. The van der Waals surface area contributed by atoms with Gasteiger partial charge in [0.25, 0.3) is 0 Å². The molecule has 1 aliphatic heterocycles. The molecule has 2 N–H and O–H groups in total. The van der Waals surface area contributed by atoms with Crippen LogP contribution in [0.2, 0.25) is 5.02 Å². The molecule has 0 unspecified atom stereocenters. The van der Waals surface area contributed by atoms with E-state index in [1.807, 2.05) is 57.2 Å². The fourth-order valence-electron chi connectivity index (χ4n) is 4.69. The number of benzene rings is 2. The van der Waals surface area contributed by atoms with Crippen molar-refractivity contribution in [3.8, 4) is 5.75 Å². The van der Waals surface area contributed by atoms with Crippen molar-refractivity contribution < 1.29 is 18.8 Å². The van der Waals surface area contributed by atoms with Crippen LogP contribution in [0, 0.1) is 0 Å². The van der Waals surface area contributed by atoms with Gasteiger partial charge in [-0.05, 0) is 59.3 Å². The van der Waals surface area contributed by atoms with Gasteiger partial charge in [0.15, 0.2) is 5.82 Å². The Morgan fingerprint density at radius 2 is 1.79 bits per heavy atom. The van der Waals surface area contributed by atoms with Crippen LogP contribution >= 0.6 is 18.7 Å². The maximum atomic E-state index is 12.9. The van der Waals surface area contributed by atoms with Gasteiger partial charge in [-0.15, -0.1) is 0 Å². The third kappa shape index (κ3) is 8.15. The Bertz CT molecular complexity index is 1480. The molecule has 0 atom stereocenters. The third-order valence-electron chi connectivity index (χ3n) is 6.76. The lowest BCUT2D eigenvalue weighted by molar-refractivity contribution is 0.0636. The molecule has 0 saturated carbocycles. The maximum absolute atomic E-state index is 12.9. The molecule has 1 aromatic heterocycles. The highest BCUT2D eigenvalue weighted by atomic mass is 35.5. The molecular weight excluding hydrogens is 575 g/mol. The number of rotatable bonds is 8. The fourth-order valence-corrected chi connectivity index (χ4v) is 5.98. The van der Waals surface area contributed by atoms with Gasteiger partial charge < -0.3 is 29.2 Å². The monoisotopic (exact) mass is 614 g/mol. The molecular formula is C30H40ClN6O4P. The largest absolute Gasteiger partial charge is 0.496 e. The lowest BCUT2D eigenvalue weighted by atomic mass is 10.1. The first-order valence-electron chi connectivity index (χ1n) is 13.8. The summed E-state index contributed by atoms with van der Waals surface area (Å²) in [5, 5.41) is 7.24. The van der Waals surface area contributed by atoms with Crippen LogP contribution in [0.15, 0.2) is 42.6 Å². The van der Waals surface area contributed by atoms with Crippen LogP contribution in [0.1, 0.15) is 32.2 Å². The molecule has 42 heavy (non-hydrogen) atoms. The summed E-state index contributed by atoms with van der Waals surface area (Å²) < 4.78 is 24.2. The summed E-state index contributed by atoms with van der Waals surface area (Å²) in [5.74, 6) is 1.54. The van der Waals surface area contributed by atoms with E-state index in [0.29, 0.717) is 45.5 Å². The number of nitrogens with zero attached hydrogens (tertiary/aromatic N) is 4. The molecule has 0 bridgehead atoms. The Hall–Kier alpha value is -3.33. The summed E-state index contributed by atoms with van der Waals surface area (Å²) in [6.07, 6.45) is 1.31. The van der Waals surface area contributed by atoms with Gasteiger partial charge in [-0.25, -0.2) is 14.8 Å². The summed E-state index contributed by atoms with van der Waals surface area (Å²) in [6.45, 7) is 12.4. The number of methoxy groups -OCH3 is 1. The van der Waals surface area contributed by atoms with E-state index in [-0.39, 0.29) is 0 Å². The minimum Gasteiger partial charge on any atom is -0.496 e. The van der Waals surface area contributed by atoms with E-state index < -0.39 is 18.8 Å². The van der Waals surface area contributed by atoms with E-state index in [1.54, 1.807) is 20.4 Å². The Balaban J connectivity index is 1.68. The van der Waals surface area contributed by atoms with Gasteiger partial charge in [0, 0.05) is 49.5 Å². The number of amides is 1. The number of carbonyl (C=O) groups excluding carboxylic acids is 1. The second-order valence-corrected chi connectivity index (χ2v) is 15.3. The predicted octanol–water partition coefficient (Wildman–Crippen LogP) is 5.82. The summed E-state index contributed by atoms with van der Waals surface area (Å²) in [6, 6.07) is 11.2. The summed E-state index contributed by atoms with van der Waals surface area (Å²) in [4.78, 5) is 26.5. The highest BCUT2D eigenvalue weighted by Crippen LogP contribution is 2.39. The van der Waals surface area contributed by atoms with E-state index in [0.717, 1.165) is 37.4 Å². The van der Waals surface area contributed by atoms with Crippen LogP contribution in [0.5, 0.6) is 5.75 Å². The number of aromatic nitrogens is 2. The van der Waals surface area contributed by atoms with Gasteiger partial charge in [-0.1, -0.05) is 23.7 Å². The number of nitrogens with one attached hydrogen (secondary N) is 2. The number of likely N-dealkylation sites (N-methyl/N-ethyl adjacent to an activating group) is 1.